The number of esters is 1. The summed E-state index contributed by atoms with van der Waals surface area (Å²) in [6.07, 6.45) is 0. The van der Waals surface area contributed by atoms with E-state index in [1.165, 1.54) is 43.5 Å². The fourth-order valence-electron chi connectivity index (χ4n) is 2.44. The van der Waals surface area contributed by atoms with E-state index in [0.29, 0.717) is 10.9 Å². The van der Waals surface area contributed by atoms with Crippen molar-refractivity contribution in [3.05, 3.63) is 52.3 Å². The molecule has 1 aromatic heterocycles. The van der Waals surface area contributed by atoms with Crippen LogP contribution in [0.5, 0.6) is 0 Å². The summed E-state index contributed by atoms with van der Waals surface area (Å²) in [5, 5.41) is 0.351. The maximum absolute atomic E-state index is 13.2. The van der Waals surface area contributed by atoms with Gasteiger partial charge < -0.3 is 9.15 Å². The highest BCUT2D eigenvalue weighted by atomic mass is 79.9. The van der Waals surface area contributed by atoms with Crippen molar-refractivity contribution in [2.24, 2.45) is 0 Å². The Kier molecular flexibility index (Phi) is 6.81. The van der Waals surface area contributed by atoms with Gasteiger partial charge in [0.2, 0.25) is 0 Å². The van der Waals surface area contributed by atoms with Crippen LogP contribution in [0.3, 0.4) is 0 Å². The van der Waals surface area contributed by atoms with Crippen LogP contribution in [0, 0.1) is 5.82 Å². The highest BCUT2D eigenvalue weighted by Crippen LogP contribution is 2.38. The molecule has 0 spiro atoms. The van der Waals surface area contributed by atoms with E-state index in [4.69, 9.17) is 13.7 Å². The molecule has 28 heavy (non-hydrogen) atoms. The third-order valence-electron chi connectivity index (χ3n) is 3.51. The molecular weight excluding hydrogens is 457 g/mol. The molecule has 0 amide bonds. The smallest absolute Gasteiger partial charge is 0.357 e. The van der Waals surface area contributed by atoms with Crippen molar-refractivity contribution >= 4 is 48.9 Å². The predicted octanol–water partition coefficient (Wildman–Crippen LogP) is 5.03. The molecule has 0 aliphatic rings. The fourth-order valence-corrected chi connectivity index (χ4v) is 3.46. The van der Waals surface area contributed by atoms with Gasteiger partial charge in [-0.3, -0.25) is 9.27 Å². The van der Waals surface area contributed by atoms with Gasteiger partial charge >= 0.3 is 16.3 Å². The first kappa shape index (κ1) is 21.9. The summed E-state index contributed by atoms with van der Waals surface area (Å²) >= 11 is 3.17. The fraction of sp³-hybridized carbons (Fsp3) is 0.167. The van der Waals surface area contributed by atoms with Crippen LogP contribution in [0.25, 0.3) is 22.3 Å². The molecule has 3 rings (SSSR count). The Balaban J connectivity index is 0.00000136. The van der Waals surface area contributed by atoms with Gasteiger partial charge in [0.1, 0.15) is 22.7 Å². The molecule has 2 aromatic carbocycles. The zero-order chi connectivity index (χ0) is 21.1. The summed E-state index contributed by atoms with van der Waals surface area (Å²) in [4.78, 5) is 12.3. The number of rotatable bonds is 4. The second-order valence-electron chi connectivity index (χ2n) is 5.21. The van der Waals surface area contributed by atoms with Gasteiger partial charge in [0.25, 0.3) is 0 Å². The van der Waals surface area contributed by atoms with Crippen LogP contribution in [0.1, 0.15) is 24.2 Å². The van der Waals surface area contributed by atoms with Crippen molar-refractivity contribution in [1.82, 2.24) is 0 Å². The number of halogens is 2. The summed E-state index contributed by atoms with van der Waals surface area (Å²) < 4.78 is 56.9. The first-order valence-electron chi connectivity index (χ1n) is 8.05. The minimum Gasteiger partial charge on any atom is -0.465 e. The van der Waals surface area contributed by atoms with Crippen LogP contribution in [-0.2, 0) is 15.0 Å². The number of nitrogens with one attached hydrogen (secondary N) is 1. The maximum atomic E-state index is 13.2. The van der Waals surface area contributed by atoms with Gasteiger partial charge in [0, 0.05) is 21.5 Å². The van der Waals surface area contributed by atoms with Crippen LogP contribution in [0.2, 0.25) is 0 Å². The number of carbonyl (C=O) groups excluding carboxylic acids is 1. The van der Waals surface area contributed by atoms with Gasteiger partial charge in [-0.25, -0.2) is 9.18 Å². The maximum Gasteiger partial charge on any atom is 0.357 e. The molecule has 0 fully saturated rings. The molecule has 1 heterocycles. The molecule has 0 saturated carbocycles. The van der Waals surface area contributed by atoms with E-state index in [9.17, 15) is 17.6 Å². The third-order valence-corrected chi connectivity index (χ3v) is 4.65. The van der Waals surface area contributed by atoms with Gasteiger partial charge in [-0.15, -0.1) is 0 Å². The number of furan rings is 1. The van der Waals surface area contributed by atoms with Crippen molar-refractivity contribution in [3.63, 3.8) is 0 Å². The number of hydrogen-bond donors (Lipinski definition) is 2. The molecule has 10 heteroatoms. The molecule has 0 bridgehead atoms. The first-order valence-corrected chi connectivity index (χ1v) is 10.3. The summed E-state index contributed by atoms with van der Waals surface area (Å²) in [5.74, 6) is -0.986. The Morgan fingerprint density at radius 3 is 2.36 bits per heavy atom. The lowest BCUT2D eigenvalue weighted by molar-refractivity contribution is 0.0603. The molecule has 0 saturated heterocycles. The summed E-state index contributed by atoms with van der Waals surface area (Å²) in [7, 11) is -3.30. The van der Waals surface area contributed by atoms with Crippen LogP contribution in [0.15, 0.2) is 45.3 Å². The van der Waals surface area contributed by atoms with Crippen molar-refractivity contribution < 1.29 is 31.3 Å². The van der Waals surface area contributed by atoms with E-state index in [0.717, 1.165) is 0 Å². The summed E-state index contributed by atoms with van der Waals surface area (Å²) in [5.41, 5.74) is 0.714. The van der Waals surface area contributed by atoms with Gasteiger partial charge in [0.05, 0.1) is 12.8 Å². The molecule has 0 aliphatic carbocycles. The van der Waals surface area contributed by atoms with E-state index in [1.807, 2.05) is 18.6 Å². The lowest BCUT2D eigenvalue weighted by Gasteiger charge is -2.05. The molecule has 0 atom stereocenters. The van der Waals surface area contributed by atoms with Gasteiger partial charge in [0.15, 0.2) is 0 Å². The normalized spacial score (nSPS) is 10.9. The topological polar surface area (TPSA) is 106 Å². The number of ether oxygens (including phenoxy) is 1. The lowest BCUT2D eigenvalue weighted by atomic mass is 10.1. The Morgan fingerprint density at radius 1 is 1.21 bits per heavy atom. The number of methoxy groups -OCH3 is 1. The zero-order valence-corrected chi connectivity index (χ0v) is 17.5. The molecule has 150 valence electrons. The Bertz CT molecular complexity index is 1110. The average molecular weight is 474 g/mol. The Morgan fingerprint density at radius 2 is 1.82 bits per heavy atom. The molecular formula is C18H17BrFNO6S. The highest BCUT2D eigenvalue weighted by Gasteiger charge is 2.24. The van der Waals surface area contributed by atoms with E-state index in [2.05, 4.69) is 15.9 Å². The molecule has 2 N–H and O–H groups in total. The number of carbonyl (C=O) groups is 1. The first-order chi connectivity index (χ1) is 13.2. The SMILES string of the molecule is CC.COC(=O)c1c(-c2ccc(F)cc2)oc2cc(NS(=O)(=O)O)c(Br)cc12. The quantitative estimate of drug-likeness (QED) is 0.406. The second kappa shape index (κ2) is 8.72. The third kappa shape index (κ3) is 4.70. The van der Waals surface area contributed by atoms with Crippen molar-refractivity contribution in [1.29, 1.82) is 0 Å². The summed E-state index contributed by atoms with van der Waals surface area (Å²) in [6.45, 7) is 4.00. The standard InChI is InChI=1S/C16H11BrFNO6S.C2H6/c1-24-16(20)14-10-6-11(17)12(19-26(21,22)23)7-13(10)25-15(14)8-2-4-9(18)5-3-8;1-2/h2-7,19H,1H3,(H,21,22,23);1-2H3. The predicted molar refractivity (Wildman–Crippen MR) is 107 cm³/mol. The van der Waals surface area contributed by atoms with Crippen molar-refractivity contribution in [3.8, 4) is 11.3 Å². The zero-order valence-electron chi connectivity index (χ0n) is 15.1. The number of anilines is 1. The van der Waals surface area contributed by atoms with Gasteiger partial charge in [-0.2, -0.15) is 8.42 Å². The molecule has 0 unspecified atom stereocenters. The van der Waals surface area contributed by atoms with E-state index in [-0.39, 0.29) is 27.1 Å². The van der Waals surface area contributed by atoms with Crippen LogP contribution < -0.4 is 4.72 Å². The molecule has 0 radical (unpaired) electrons. The number of hydrogen-bond acceptors (Lipinski definition) is 5. The molecule has 0 aliphatic heterocycles. The van der Waals surface area contributed by atoms with Crippen LogP contribution >= 0.6 is 15.9 Å². The minimum absolute atomic E-state index is 0.0100. The highest BCUT2D eigenvalue weighted by molar-refractivity contribution is 9.10. The monoisotopic (exact) mass is 473 g/mol. The largest absolute Gasteiger partial charge is 0.465 e. The number of fused-ring (bicyclic) bond motifs is 1. The minimum atomic E-state index is -4.50. The van der Waals surface area contributed by atoms with Crippen LogP contribution in [-0.4, -0.2) is 26.0 Å². The summed E-state index contributed by atoms with van der Waals surface area (Å²) in [6, 6.07) is 8.05. The number of benzene rings is 2. The van der Waals surface area contributed by atoms with Crippen molar-refractivity contribution in [2.45, 2.75) is 13.8 Å². The average Bonchev–Trinajstić information content (AvgIpc) is 3.00. The van der Waals surface area contributed by atoms with E-state index < -0.39 is 22.1 Å². The Labute approximate surface area is 169 Å². The molecule has 3 aromatic rings. The molecule has 7 nitrogen and oxygen atoms in total. The van der Waals surface area contributed by atoms with Gasteiger partial charge in [-0.05, 0) is 46.3 Å². The van der Waals surface area contributed by atoms with Gasteiger partial charge in [-0.1, -0.05) is 13.8 Å². The van der Waals surface area contributed by atoms with E-state index in [1.54, 1.807) is 0 Å². The van der Waals surface area contributed by atoms with Crippen molar-refractivity contribution in [2.75, 3.05) is 11.8 Å². The lowest BCUT2D eigenvalue weighted by Crippen LogP contribution is -2.10. The van der Waals surface area contributed by atoms with E-state index >= 15 is 0 Å². The Hall–Kier alpha value is -2.43. The van der Waals surface area contributed by atoms with Crippen LogP contribution in [0.4, 0.5) is 10.1 Å². The second-order valence-corrected chi connectivity index (χ2v) is 7.22.